The SMILES string of the molecule is CCN(CC(=O)O)C1CC(NC(=O)NCCc2ccn(-c3ccccc3)n2)C1. The van der Waals surface area contributed by atoms with Crippen LogP contribution in [-0.2, 0) is 11.2 Å². The summed E-state index contributed by atoms with van der Waals surface area (Å²) in [6.45, 7) is 3.21. The molecule has 3 rings (SSSR count). The standard InChI is InChI=1S/C20H27N5O3/c1-2-24(14-19(26)27)18-12-16(13-18)22-20(28)21-10-8-15-9-11-25(23-15)17-6-4-3-5-7-17/h3-7,9,11,16,18H,2,8,10,12-14H2,1H3,(H,26,27)(H2,21,22,28). The number of nitrogens with one attached hydrogen (secondary N) is 2. The molecule has 0 bridgehead atoms. The Morgan fingerprint density at radius 3 is 2.68 bits per heavy atom. The third-order valence-corrected chi connectivity index (χ3v) is 5.04. The Bertz CT molecular complexity index is 786. The van der Waals surface area contributed by atoms with Crippen LogP contribution >= 0.6 is 0 Å². The summed E-state index contributed by atoms with van der Waals surface area (Å²) in [5, 5.41) is 19.3. The topological polar surface area (TPSA) is 99.5 Å². The Morgan fingerprint density at radius 2 is 2.00 bits per heavy atom. The van der Waals surface area contributed by atoms with E-state index in [0.717, 1.165) is 24.2 Å². The van der Waals surface area contributed by atoms with Gasteiger partial charge in [-0.3, -0.25) is 9.69 Å². The number of carboxylic acid groups (broad SMARTS) is 1. The van der Waals surface area contributed by atoms with Gasteiger partial charge < -0.3 is 15.7 Å². The molecule has 8 heteroatoms. The van der Waals surface area contributed by atoms with E-state index in [0.29, 0.717) is 19.5 Å². The number of amides is 2. The maximum atomic E-state index is 12.0. The van der Waals surface area contributed by atoms with Gasteiger partial charge >= 0.3 is 12.0 Å². The van der Waals surface area contributed by atoms with Crippen molar-refractivity contribution in [1.29, 1.82) is 0 Å². The molecule has 0 aliphatic heterocycles. The Morgan fingerprint density at radius 1 is 1.25 bits per heavy atom. The molecule has 0 radical (unpaired) electrons. The summed E-state index contributed by atoms with van der Waals surface area (Å²) < 4.78 is 1.82. The zero-order chi connectivity index (χ0) is 19.9. The maximum Gasteiger partial charge on any atom is 0.317 e. The Labute approximate surface area is 164 Å². The number of hydrogen-bond acceptors (Lipinski definition) is 4. The van der Waals surface area contributed by atoms with Crippen molar-refractivity contribution in [2.75, 3.05) is 19.6 Å². The van der Waals surface area contributed by atoms with Crippen molar-refractivity contribution in [3.63, 3.8) is 0 Å². The highest BCUT2D eigenvalue weighted by Crippen LogP contribution is 2.25. The molecule has 1 aromatic carbocycles. The first-order chi connectivity index (χ1) is 13.5. The molecule has 1 saturated carbocycles. The lowest BCUT2D eigenvalue weighted by molar-refractivity contribution is -0.139. The number of carboxylic acids is 1. The van der Waals surface area contributed by atoms with Gasteiger partial charge in [-0.05, 0) is 37.6 Å². The van der Waals surface area contributed by atoms with Crippen LogP contribution in [0.2, 0.25) is 0 Å². The van der Waals surface area contributed by atoms with E-state index in [2.05, 4.69) is 15.7 Å². The molecule has 3 N–H and O–H groups in total. The van der Waals surface area contributed by atoms with Crippen molar-refractivity contribution in [3.05, 3.63) is 48.3 Å². The van der Waals surface area contributed by atoms with Crippen LogP contribution in [0.15, 0.2) is 42.6 Å². The highest BCUT2D eigenvalue weighted by molar-refractivity contribution is 5.74. The molecule has 0 saturated heterocycles. The number of nitrogens with zero attached hydrogens (tertiary/aromatic N) is 3. The molecule has 1 aliphatic rings. The average Bonchev–Trinajstić information content (AvgIpc) is 3.12. The van der Waals surface area contributed by atoms with Gasteiger partial charge in [0.2, 0.25) is 0 Å². The normalized spacial score (nSPS) is 18.5. The highest BCUT2D eigenvalue weighted by Gasteiger charge is 2.34. The molecule has 150 valence electrons. The molecular weight excluding hydrogens is 358 g/mol. The van der Waals surface area contributed by atoms with Gasteiger partial charge in [0.25, 0.3) is 0 Å². The van der Waals surface area contributed by atoms with Gasteiger partial charge in [-0.1, -0.05) is 25.1 Å². The highest BCUT2D eigenvalue weighted by atomic mass is 16.4. The second kappa shape index (κ2) is 9.36. The summed E-state index contributed by atoms with van der Waals surface area (Å²) in [5.41, 5.74) is 1.92. The fourth-order valence-corrected chi connectivity index (χ4v) is 3.44. The largest absolute Gasteiger partial charge is 0.480 e. The van der Waals surface area contributed by atoms with Gasteiger partial charge in [0.15, 0.2) is 0 Å². The predicted octanol–water partition coefficient (Wildman–Crippen LogP) is 1.65. The number of benzene rings is 1. The summed E-state index contributed by atoms with van der Waals surface area (Å²) >= 11 is 0. The smallest absolute Gasteiger partial charge is 0.317 e. The third kappa shape index (κ3) is 5.32. The monoisotopic (exact) mass is 385 g/mol. The number of carbonyl (C=O) groups excluding carboxylic acids is 1. The van der Waals surface area contributed by atoms with Gasteiger partial charge in [-0.25, -0.2) is 9.48 Å². The van der Waals surface area contributed by atoms with Crippen molar-refractivity contribution >= 4 is 12.0 Å². The molecule has 28 heavy (non-hydrogen) atoms. The molecule has 0 spiro atoms. The van der Waals surface area contributed by atoms with E-state index in [1.165, 1.54) is 0 Å². The lowest BCUT2D eigenvalue weighted by Crippen LogP contribution is -2.56. The first kappa shape index (κ1) is 19.9. The number of hydrogen-bond donors (Lipinski definition) is 3. The van der Waals surface area contributed by atoms with Crippen LogP contribution in [0.3, 0.4) is 0 Å². The summed E-state index contributed by atoms with van der Waals surface area (Å²) in [6, 6.07) is 12.0. The van der Waals surface area contributed by atoms with Gasteiger partial charge in [-0.15, -0.1) is 0 Å². The molecule has 1 aromatic heterocycles. The zero-order valence-electron chi connectivity index (χ0n) is 16.0. The molecule has 0 unspecified atom stereocenters. The number of aliphatic carboxylic acids is 1. The summed E-state index contributed by atoms with van der Waals surface area (Å²) in [4.78, 5) is 24.8. The quantitative estimate of drug-likeness (QED) is 0.610. The molecule has 1 heterocycles. The summed E-state index contributed by atoms with van der Waals surface area (Å²) in [7, 11) is 0. The van der Waals surface area contributed by atoms with Crippen LogP contribution in [0.25, 0.3) is 5.69 Å². The van der Waals surface area contributed by atoms with Gasteiger partial charge in [0.1, 0.15) is 0 Å². The van der Waals surface area contributed by atoms with Gasteiger partial charge in [0, 0.05) is 31.2 Å². The first-order valence-electron chi connectivity index (χ1n) is 9.65. The maximum absolute atomic E-state index is 12.0. The van der Waals surface area contributed by atoms with Crippen molar-refractivity contribution in [1.82, 2.24) is 25.3 Å². The number of likely N-dealkylation sites (N-methyl/N-ethyl adjacent to an activating group) is 1. The molecule has 1 aliphatic carbocycles. The van der Waals surface area contributed by atoms with Crippen molar-refractivity contribution < 1.29 is 14.7 Å². The summed E-state index contributed by atoms with van der Waals surface area (Å²) in [5.74, 6) is -0.814. The van der Waals surface area contributed by atoms with E-state index in [1.54, 1.807) is 0 Å². The van der Waals surface area contributed by atoms with Crippen LogP contribution in [0.5, 0.6) is 0 Å². The average molecular weight is 385 g/mol. The van der Waals surface area contributed by atoms with Gasteiger partial charge in [-0.2, -0.15) is 5.10 Å². The van der Waals surface area contributed by atoms with Crippen LogP contribution in [-0.4, -0.2) is 63.5 Å². The number of para-hydroxylation sites is 1. The van der Waals surface area contributed by atoms with Crippen molar-refractivity contribution in [3.8, 4) is 5.69 Å². The number of carbonyl (C=O) groups is 2. The third-order valence-electron chi connectivity index (χ3n) is 5.04. The van der Waals surface area contributed by atoms with Crippen molar-refractivity contribution in [2.24, 2.45) is 0 Å². The van der Waals surface area contributed by atoms with Crippen LogP contribution in [0.4, 0.5) is 4.79 Å². The number of rotatable bonds is 9. The van der Waals surface area contributed by atoms with E-state index >= 15 is 0 Å². The molecule has 2 amide bonds. The minimum Gasteiger partial charge on any atom is -0.480 e. The van der Waals surface area contributed by atoms with Crippen LogP contribution in [0.1, 0.15) is 25.5 Å². The van der Waals surface area contributed by atoms with E-state index in [4.69, 9.17) is 5.11 Å². The van der Waals surface area contributed by atoms with E-state index in [1.807, 2.05) is 59.1 Å². The number of aromatic nitrogens is 2. The predicted molar refractivity (Wildman–Crippen MR) is 105 cm³/mol. The lowest BCUT2D eigenvalue weighted by Gasteiger charge is -2.42. The Kier molecular flexibility index (Phi) is 6.65. The van der Waals surface area contributed by atoms with E-state index in [9.17, 15) is 9.59 Å². The molecular formula is C20H27N5O3. The van der Waals surface area contributed by atoms with Crippen molar-refractivity contribution in [2.45, 2.75) is 38.3 Å². The van der Waals surface area contributed by atoms with Gasteiger partial charge in [0.05, 0.1) is 17.9 Å². The fourth-order valence-electron chi connectivity index (χ4n) is 3.44. The zero-order valence-corrected chi connectivity index (χ0v) is 16.0. The molecule has 1 fully saturated rings. The van der Waals surface area contributed by atoms with Crippen LogP contribution in [0, 0.1) is 0 Å². The molecule has 2 aromatic rings. The molecule has 0 atom stereocenters. The van der Waals surface area contributed by atoms with E-state index in [-0.39, 0.29) is 24.7 Å². The first-order valence-corrected chi connectivity index (χ1v) is 9.65. The minimum atomic E-state index is -0.814. The summed E-state index contributed by atoms with van der Waals surface area (Å²) in [6.07, 6.45) is 4.14. The second-order valence-electron chi connectivity index (χ2n) is 7.02. The molecule has 8 nitrogen and oxygen atoms in total. The fraction of sp³-hybridized carbons (Fsp3) is 0.450. The Hall–Kier alpha value is -2.87. The van der Waals surface area contributed by atoms with Crippen LogP contribution < -0.4 is 10.6 Å². The Balaban J connectivity index is 1.35. The number of urea groups is 1. The minimum absolute atomic E-state index is 0.0513. The lowest BCUT2D eigenvalue weighted by atomic mass is 9.85. The van der Waals surface area contributed by atoms with E-state index < -0.39 is 5.97 Å². The second-order valence-corrected chi connectivity index (χ2v) is 7.02.